The number of benzene rings is 8. The van der Waals surface area contributed by atoms with Crippen molar-refractivity contribution in [2.75, 3.05) is 13.2 Å². The first-order valence-corrected chi connectivity index (χ1v) is 19.6. The number of hydrogen-bond donors (Lipinski definition) is 0. The quantitative estimate of drug-likeness (QED) is 0.0779. The number of alkyl halides is 6. The van der Waals surface area contributed by atoms with E-state index in [-0.39, 0.29) is 67.7 Å². The second-order valence-electron chi connectivity index (χ2n) is 14.4. The molecule has 0 saturated heterocycles. The Morgan fingerprint density at radius 1 is 0.453 bits per heavy atom. The lowest BCUT2D eigenvalue weighted by molar-refractivity contribution is -0.138. The van der Waals surface area contributed by atoms with E-state index in [1.54, 1.807) is 91.9 Å². The summed E-state index contributed by atoms with van der Waals surface area (Å²) in [6.07, 6.45) is 5.32. The average Bonchev–Trinajstić information content (AvgIpc) is 3.25. The molecule has 0 bridgehead atoms. The highest BCUT2D eigenvalue weighted by molar-refractivity contribution is 6.31. The molecule has 0 aliphatic rings. The summed E-state index contributed by atoms with van der Waals surface area (Å²) in [5, 5.41) is 1.72. The number of fused-ring (bicyclic) bond motifs is 3. The smallest absolute Gasteiger partial charge is 0.416 e. The van der Waals surface area contributed by atoms with Crippen molar-refractivity contribution >= 4 is 32.3 Å². The first-order valence-electron chi connectivity index (χ1n) is 19.6. The van der Waals surface area contributed by atoms with Gasteiger partial charge in [-0.15, -0.1) is 0 Å². The number of rotatable bonds is 10. The van der Waals surface area contributed by atoms with Crippen molar-refractivity contribution in [1.82, 2.24) is 0 Å². The van der Waals surface area contributed by atoms with Crippen LogP contribution in [0.2, 0.25) is 0 Å². The Morgan fingerprint density at radius 2 is 0.953 bits per heavy atom. The fourth-order valence-electron chi connectivity index (χ4n) is 8.11. The van der Waals surface area contributed by atoms with E-state index in [1.165, 1.54) is 0 Å². The zero-order chi connectivity index (χ0) is 45.5. The van der Waals surface area contributed by atoms with Crippen molar-refractivity contribution in [2.24, 2.45) is 0 Å². The first kappa shape index (κ1) is 43.0. The van der Waals surface area contributed by atoms with Gasteiger partial charge in [0.1, 0.15) is 46.8 Å². The highest BCUT2D eigenvalue weighted by atomic mass is 19.4. The van der Waals surface area contributed by atoms with Crippen molar-refractivity contribution in [1.29, 1.82) is 0 Å². The number of ether oxygens (including phenoxy) is 4. The Kier molecular flexibility index (Phi) is 11.3. The molecule has 12 heteroatoms. The standard InChI is InChI=1S/C52H32F8O4/c1-5-61-34-15-9-29(10-16-34)41-27-37(64-8-4)28-43-48(40-21-14-33(26-45(40)54)52(58,59)60)50-42(47(49(41)43)39-20-13-32(25-44(39)53)51(55,56)57)24-31-23-36(63-7-3)19-22-38(31)46(50)30-11-17-35(18-12-30)62-6-2/h2-3,9-28H,5,8H2,1,4H3. The second kappa shape index (κ2) is 16.9. The van der Waals surface area contributed by atoms with Gasteiger partial charge in [0.05, 0.1) is 24.3 Å². The van der Waals surface area contributed by atoms with Crippen LogP contribution in [-0.2, 0) is 12.4 Å². The summed E-state index contributed by atoms with van der Waals surface area (Å²) in [6.45, 7) is 4.05. The predicted molar refractivity (Wildman–Crippen MR) is 232 cm³/mol. The first-order chi connectivity index (χ1) is 30.6. The highest BCUT2D eigenvalue weighted by Gasteiger charge is 2.34. The summed E-state index contributed by atoms with van der Waals surface area (Å²) >= 11 is 0. The Bertz CT molecular complexity index is 3190. The highest BCUT2D eigenvalue weighted by Crippen LogP contribution is 2.54. The molecular weight excluding hydrogens is 841 g/mol. The predicted octanol–water partition coefficient (Wildman–Crippen LogP) is 14.9. The number of halogens is 8. The largest absolute Gasteiger partial charge is 0.494 e. The van der Waals surface area contributed by atoms with Crippen LogP contribution in [0.1, 0.15) is 25.0 Å². The van der Waals surface area contributed by atoms with Crippen molar-refractivity contribution < 1.29 is 54.1 Å². The molecule has 0 aliphatic heterocycles. The van der Waals surface area contributed by atoms with E-state index in [1.807, 2.05) is 6.92 Å². The van der Waals surface area contributed by atoms with Gasteiger partial charge in [-0.2, -0.15) is 26.3 Å². The molecule has 0 radical (unpaired) electrons. The molecule has 0 fully saturated rings. The molecule has 0 N–H and O–H groups in total. The lowest BCUT2D eigenvalue weighted by Gasteiger charge is -2.25. The van der Waals surface area contributed by atoms with Crippen LogP contribution in [0.3, 0.4) is 0 Å². The minimum Gasteiger partial charge on any atom is -0.494 e. The summed E-state index contributed by atoms with van der Waals surface area (Å²) in [5.74, 6) is -1.19. The maximum absolute atomic E-state index is 16.9. The van der Waals surface area contributed by atoms with E-state index in [0.717, 1.165) is 24.3 Å². The molecule has 0 heterocycles. The van der Waals surface area contributed by atoms with Crippen LogP contribution in [0.15, 0.2) is 121 Å². The third-order valence-electron chi connectivity index (χ3n) is 10.7. The van der Waals surface area contributed by atoms with Gasteiger partial charge in [0.15, 0.2) is 0 Å². The van der Waals surface area contributed by atoms with Crippen LogP contribution in [0, 0.1) is 36.7 Å². The monoisotopic (exact) mass is 872 g/mol. The molecule has 8 rings (SSSR count). The topological polar surface area (TPSA) is 36.9 Å². The van der Waals surface area contributed by atoms with E-state index in [9.17, 15) is 26.3 Å². The Morgan fingerprint density at radius 3 is 1.50 bits per heavy atom. The Hall–Kier alpha value is -7.70. The van der Waals surface area contributed by atoms with Crippen LogP contribution in [-0.4, -0.2) is 13.2 Å². The van der Waals surface area contributed by atoms with E-state index >= 15 is 8.78 Å². The van der Waals surface area contributed by atoms with Crippen LogP contribution < -0.4 is 18.9 Å². The van der Waals surface area contributed by atoms with Crippen LogP contribution in [0.25, 0.3) is 76.8 Å². The molecule has 4 nitrogen and oxygen atoms in total. The zero-order valence-electron chi connectivity index (χ0n) is 33.8. The molecule has 0 atom stereocenters. The van der Waals surface area contributed by atoms with E-state index in [2.05, 4.69) is 12.2 Å². The normalized spacial score (nSPS) is 11.7. The lowest BCUT2D eigenvalue weighted by Crippen LogP contribution is -2.06. The van der Waals surface area contributed by atoms with Crippen LogP contribution in [0.5, 0.6) is 23.0 Å². The summed E-state index contributed by atoms with van der Waals surface area (Å²) in [6, 6.07) is 27.4. The van der Waals surface area contributed by atoms with Crippen molar-refractivity contribution in [3.05, 3.63) is 144 Å². The fraction of sp³-hybridized carbons (Fsp3) is 0.115. The second-order valence-corrected chi connectivity index (χ2v) is 14.4. The Balaban J connectivity index is 1.70. The maximum Gasteiger partial charge on any atom is 0.416 e. The number of hydrogen-bond acceptors (Lipinski definition) is 4. The maximum atomic E-state index is 16.9. The average molecular weight is 873 g/mol. The van der Waals surface area contributed by atoms with Gasteiger partial charge in [-0.3, -0.25) is 0 Å². The molecule has 320 valence electrons. The molecule has 8 aromatic carbocycles. The van der Waals surface area contributed by atoms with Crippen LogP contribution in [0.4, 0.5) is 35.1 Å². The summed E-state index contributed by atoms with van der Waals surface area (Å²) < 4.78 is 141. The van der Waals surface area contributed by atoms with Gasteiger partial charge in [0.25, 0.3) is 0 Å². The van der Waals surface area contributed by atoms with Gasteiger partial charge in [-0.05, 0) is 153 Å². The van der Waals surface area contributed by atoms with Gasteiger partial charge in [0.2, 0.25) is 0 Å². The molecule has 64 heavy (non-hydrogen) atoms. The molecule has 0 saturated carbocycles. The van der Waals surface area contributed by atoms with Gasteiger partial charge in [-0.25, -0.2) is 8.78 Å². The molecule has 0 unspecified atom stereocenters. The molecule has 0 aliphatic carbocycles. The summed E-state index contributed by atoms with van der Waals surface area (Å²) in [4.78, 5) is 0. The van der Waals surface area contributed by atoms with Gasteiger partial charge < -0.3 is 18.9 Å². The molecule has 0 aromatic heterocycles. The van der Waals surface area contributed by atoms with E-state index in [4.69, 9.17) is 31.8 Å². The minimum atomic E-state index is -4.90. The van der Waals surface area contributed by atoms with Gasteiger partial charge >= 0.3 is 12.4 Å². The van der Waals surface area contributed by atoms with Gasteiger partial charge in [0, 0.05) is 22.3 Å². The summed E-state index contributed by atoms with van der Waals surface area (Å²) in [5.41, 5.74) is -1.14. The van der Waals surface area contributed by atoms with Crippen LogP contribution >= 0.6 is 0 Å². The third kappa shape index (κ3) is 7.95. The summed E-state index contributed by atoms with van der Waals surface area (Å²) in [7, 11) is 0. The van der Waals surface area contributed by atoms with Gasteiger partial charge in [-0.1, -0.05) is 49.2 Å². The fourth-order valence-corrected chi connectivity index (χ4v) is 8.11. The minimum absolute atomic E-state index is 0.0748. The van der Waals surface area contributed by atoms with Crippen molar-refractivity contribution in [3.63, 3.8) is 0 Å². The zero-order valence-corrected chi connectivity index (χ0v) is 33.8. The lowest BCUT2D eigenvalue weighted by atomic mass is 9.79. The SMILES string of the molecule is C#COc1ccc(-c2c3ccc(OC#C)cc3cc3c(-c4ccc(C(F)(F)F)cc4F)c4c(-c5ccc(OCC)cc5)cc(OCC)cc4c(-c4ccc(C(F)(F)F)cc4F)c23)cc1. The van der Waals surface area contributed by atoms with Crippen molar-refractivity contribution in [2.45, 2.75) is 26.2 Å². The molecule has 8 aromatic rings. The van der Waals surface area contributed by atoms with E-state index < -0.39 is 35.1 Å². The molecule has 0 amide bonds. The van der Waals surface area contributed by atoms with E-state index in [0.29, 0.717) is 57.5 Å². The Labute approximate surface area is 361 Å². The number of terminal acetylenes is 2. The third-order valence-corrected chi connectivity index (χ3v) is 10.7. The van der Waals surface area contributed by atoms with Crippen molar-refractivity contribution in [3.8, 4) is 92.6 Å². The molecular formula is C52H32F8O4. The molecule has 0 spiro atoms.